The van der Waals surface area contributed by atoms with Gasteiger partial charge in [0.1, 0.15) is 5.54 Å². The Hall–Kier alpha value is -0.570. The van der Waals surface area contributed by atoms with Crippen molar-refractivity contribution in [3.63, 3.8) is 0 Å². The lowest BCUT2D eigenvalue weighted by molar-refractivity contribution is -0.148. The molecule has 3 nitrogen and oxygen atoms in total. The van der Waals surface area contributed by atoms with Gasteiger partial charge in [-0.05, 0) is 18.8 Å². The summed E-state index contributed by atoms with van der Waals surface area (Å²) >= 11 is 0. The molecule has 0 aromatic heterocycles. The molecule has 0 spiro atoms. The van der Waals surface area contributed by atoms with Gasteiger partial charge >= 0.3 is 5.97 Å². The van der Waals surface area contributed by atoms with Crippen LogP contribution in [0, 0.1) is 5.92 Å². The molecule has 100 valence electrons. The molecule has 1 rings (SSSR count). The Bertz CT molecular complexity index is 236. The monoisotopic (exact) mass is 241 g/mol. The quantitative estimate of drug-likeness (QED) is 0.727. The Kier molecular flexibility index (Phi) is 5.96. The summed E-state index contributed by atoms with van der Waals surface area (Å²) in [6.07, 6.45) is 9.99. The fourth-order valence-corrected chi connectivity index (χ4v) is 2.89. The molecule has 1 saturated carbocycles. The summed E-state index contributed by atoms with van der Waals surface area (Å²) in [5, 5.41) is 0. The number of carbonyl (C=O) groups is 1. The van der Waals surface area contributed by atoms with Gasteiger partial charge in [0.25, 0.3) is 0 Å². The van der Waals surface area contributed by atoms with Crippen LogP contribution >= 0.6 is 0 Å². The third-order valence-corrected chi connectivity index (χ3v) is 3.95. The van der Waals surface area contributed by atoms with Gasteiger partial charge in [0.15, 0.2) is 0 Å². The van der Waals surface area contributed by atoms with Crippen LogP contribution in [0.2, 0.25) is 0 Å². The van der Waals surface area contributed by atoms with Crippen LogP contribution in [0.25, 0.3) is 0 Å². The minimum absolute atomic E-state index is 0.225. The van der Waals surface area contributed by atoms with E-state index in [0.29, 0.717) is 5.92 Å². The van der Waals surface area contributed by atoms with E-state index in [9.17, 15) is 4.79 Å². The van der Waals surface area contributed by atoms with E-state index in [0.717, 1.165) is 25.7 Å². The van der Waals surface area contributed by atoms with E-state index in [1.165, 1.54) is 39.2 Å². The lowest BCUT2D eigenvalue weighted by Gasteiger charge is -2.32. The van der Waals surface area contributed by atoms with Crippen LogP contribution < -0.4 is 5.73 Å². The number of hydrogen-bond donors (Lipinski definition) is 1. The highest BCUT2D eigenvalue weighted by Gasteiger charge is 2.37. The molecular formula is C14H27NO2. The Balaban J connectivity index is 2.57. The van der Waals surface area contributed by atoms with Crippen molar-refractivity contribution in [1.82, 2.24) is 0 Å². The van der Waals surface area contributed by atoms with Crippen molar-refractivity contribution in [3.8, 4) is 0 Å². The molecule has 0 radical (unpaired) electrons. The van der Waals surface area contributed by atoms with Crippen LogP contribution in [0.15, 0.2) is 0 Å². The van der Waals surface area contributed by atoms with Crippen LogP contribution in [0.1, 0.15) is 64.7 Å². The first-order valence-electron chi connectivity index (χ1n) is 6.99. The van der Waals surface area contributed by atoms with Gasteiger partial charge in [-0.15, -0.1) is 0 Å². The standard InChI is InChI=1S/C14H27NO2/c1-3-4-10-14(15,13(16)17-2)11-12-8-6-5-7-9-12/h12H,3-11,15H2,1-2H3. The first kappa shape index (κ1) is 14.5. The van der Waals surface area contributed by atoms with Gasteiger partial charge in [0.05, 0.1) is 7.11 Å². The molecule has 1 fully saturated rings. The number of rotatable bonds is 6. The summed E-state index contributed by atoms with van der Waals surface area (Å²) in [6.45, 7) is 2.12. The zero-order chi connectivity index (χ0) is 12.7. The number of esters is 1. The lowest BCUT2D eigenvalue weighted by atomic mass is 9.77. The number of hydrogen-bond acceptors (Lipinski definition) is 3. The second-order valence-corrected chi connectivity index (χ2v) is 5.46. The topological polar surface area (TPSA) is 52.3 Å². The van der Waals surface area contributed by atoms with Gasteiger partial charge in [0, 0.05) is 0 Å². The van der Waals surface area contributed by atoms with E-state index in [1.54, 1.807) is 0 Å². The average molecular weight is 241 g/mol. The summed E-state index contributed by atoms with van der Waals surface area (Å²) in [6, 6.07) is 0. The van der Waals surface area contributed by atoms with Gasteiger partial charge in [-0.2, -0.15) is 0 Å². The maximum absolute atomic E-state index is 11.9. The highest BCUT2D eigenvalue weighted by molar-refractivity contribution is 5.80. The predicted molar refractivity (Wildman–Crippen MR) is 69.7 cm³/mol. The van der Waals surface area contributed by atoms with Crippen molar-refractivity contribution in [2.75, 3.05) is 7.11 Å². The zero-order valence-corrected chi connectivity index (χ0v) is 11.3. The van der Waals surface area contributed by atoms with Crippen molar-refractivity contribution >= 4 is 5.97 Å². The normalized spacial score (nSPS) is 20.9. The molecule has 0 aliphatic heterocycles. The molecule has 0 saturated heterocycles. The molecule has 17 heavy (non-hydrogen) atoms. The SMILES string of the molecule is CCCCC(N)(CC1CCCCC1)C(=O)OC. The van der Waals surface area contributed by atoms with Crippen LogP contribution in [0.3, 0.4) is 0 Å². The smallest absolute Gasteiger partial charge is 0.325 e. The van der Waals surface area contributed by atoms with Crippen molar-refractivity contribution in [2.24, 2.45) is 11.7 Å². The summed E-state index contributed by atoms with van der Waals surface area (Å²) in [5.41, 5.74) is 5.55. The van der Waals surface area contributed by atoms with E-state index in [4.69, 9.17) is 10.5 Å². The third kappa shape index (κ3) is 4.30. The molecule has 1 unspecified atom stereocenters. The van der Waals surface area contributed by atoms with Gasteiger partial charge in [-0.1, -0.05) is 51.9 Å². The maximum atomic E-state index is 11.9. The summed E-state index contributed by atoms with van der Waals surface area (Å²) in [7, 11) is 1.44. The average Bonchev–Trinajstić information content (AvgIpc) is 2.36. The van der Waals surface area contributed by atoms with Crippen LogP contribution in [-0.4, -0.2) is 18.6 Å². The largest absolute Gasteiger partial charge is 0.468 e. The fourth-order valence-electron chi connectivity index (χ4n) is 2.89. The number of methoxy groups -OCH3 is 1. The summed E-state index contributed by atoms with van der Waals surface area (Å²) < 4.78 is 4.89. The van der Waals surface area contributed by atoms with Gasteiger partial charge in [0.2, 0.25) is 0 Å². The molecule has 0 bridgehead atoms. The highest BCUT2D eigenvalue weighted by atomic mass is 16.5. The summed E-state index contributed by atoms with van der Waals surface area (Å²) in [5.74, 6) is 0.390. The van der Waals surface area contributed by atoms with Crippen molar-refractivity contribution < 1.29 is 9.53 Å². The van der Waals surface area contributed by atoms with Crippen molar-refractivity contribution in [3.05, 3.63) is 0 Å². The van der Waals surface area contributed by atoms with E-state index in [2.05, 4.69) is 6.92 Å². The first-order valence-corrected chi connectivity index (χ1v) is 6.99. The molecule has 0 heterocycles. The second kappa shape index (κ2) is 7.00. The Morgan fingerprint density at radius 1 is 1.35 bits per heavy atom. The van der Waals surface area contributed by atoms with Crippen LogP contribution in [0.5, 0.6) is 0 Å². The lowest BCUT2D eigenvalue weighted by Crippen LogP contribution is -2.50. The number of nitrogens with two attached hydrogens (primary N) is 1. The van der Waals surface area contributed by atoms with Gasteiger partial charge in [-0.3, -0.25) is 4.79 Å². The highest BCUT2D eigenvalue weighted by Crippen LogP contribution is 2.32. The predicted octanol–water partition coefficient (Wildman–Crippen LogP) is 3.02. The molecule has 2 N–H and O–H groups in total. The Morgan fingerprint density at radius 2 is 2.00 bits per heavy atom. The number of ether oxygens (including phenoxy) is 1. The van der Waals surface area contributed by atoms with Gasteiger partial charge < -0.3 is 10.5 Å². The number of unbranched alkanes of at least 4 members (excludes halogenated alkanes) is 1. The molecule has 0 aromatic carbocycles. The Morgan fingerprint density at radius 3 is 2.53 bits per heavy atom. The van der Waals surface area contributed by atoms with Crippen LogP contribution in [-0.2, 0) is 9.53 Å². The van der Waals surface area contributed by atoms with Crippen molar-refractivity contribution in [2.45, 2.75) is 70.3 Å². The molecule has 1 aliphatic rings. The van der Waals surface area contributed by atoms with E-state index < -0.39 is 5.54 Å². The molecule has 0 aromatic rings. The number of carbonyl (C=O) groups excluding carboxylic acids is 1. The maximum Gasteiger partial charge on any atom is 0.325 e. The zero-order valence-electron chi connectivity index (χ0n) is 11.3. The molecule has 1 atom stereocenters. The first-order chi connectivity index (χ1) is 8.12. The minimum atomic E-state index is -0.743. The van der Waals surface area contributed by atoms with E-state index in [1.807, 2.05) is 0 Å². The molecule has 0 amide bonds. The minimum Gasteiger partial charge on any atom is -0.468 e. The molecular weight excluding hydrogens is 214 g/mol. The van der Waals surface area contributed by atoms with Crippen molar-refractivity contribution in [1.29, 1.82) is 0 Å². The van der Waals surface area contributed by atoms with Crippen LogP contribution in [0.4, 0.5) is 0 Å². The third-order valence-electron chi connectivity index (χ3n) is 3.95. The van der Waals surface area contributed by atoms with E-state index >= 15 is 0 Å². The molecule has 3 heteroatoms. The summed E-state index contributed by atoms with van der Waals surface area (Å²) in [4.78, 5) is 11.9. The van der Waals surface area contributed by atoms with E-state index in [-0.39, 0.29) is 5.97 Å². The second-order valence-electron chi connectivity index (χ2n) is 5.46. The fraction of sp³-hybridized carbons (Fsp3) is 0.929. The van der Waals surface area contributed by atoms with Gasteiger partial charge in [-0.25, -0.2) is 0 Å². The molecule has 1 aliphatic carbocycles. The Labute approximate surface area is 105 Å².